The standard InChI is InChI=1S/C22H32B2N4O6.CH4/c1-15(19(29)33-23)27-11-9-26(21(31)32-22(3,4)5)10-12-28(16(2)20(30)34-24)14-18-8-6-7-17(13-27)25-18;/h6-8,15-16H,9-14H2,1-5H3;1H4. The Bertz CT molecular complexity index is 815. The molecule has 2 rings (SSSR count). The van der Waals surface area contributed by atoms with E-state index in [4.69, 9.17) is 20.8 Å². The van der Waals surface area contributed by atoms with Crippen LogP contribution >= 0.6 is 0 Å². The van der Waals surface area contributed by atoms with E-state index in [0.29, 0.717) is 37.6 Å². The summed E-state index contributed by atoms with van der Waals surface area (Å²) in [6.07, 6.45) is -0.496. The fraction of sp³-hybridized carbons (Fsp3) is 0.652. The highest BCUT2D eigenvalue weighted by atomic mass is 16.6. The molecule has 0 saturated carbocycles. The smallest absolute Gasteiger partial charge is 0.410 e. The number of nitrogens with zero attached hydrogens (tertiary/aromatic N) is 4. The molecule has 2 unspecified atom stereocenters. The van der Waals surface area contributed by atoms with Crippen LogP contribution in [0.3, 0.4) is 0 Å². The molecule has 4 radical (unpaired) electrons. The molecule has 10 nitrogen and oxygen atoms in total. The molecule has 1 aliphatic rings. The SMILES string of the molecule is C.[B]OC(=O)C(C)N1CCN(C(=O)OC(C)(C)C)CCN(C(C)C(=O)O[B])Cc2cccc(n2)C1. The van der Waals surface area contributed by atoms with Gasteiger partial charge in [-0.2, -0.15) is 0 Å². The van der Waals surface area contributed by atoms with Crippen LogP contribution in [0.15, 0.2) is 18.2 Å². The molecule has 0 aliphatic carbocycles. The maximum atomic E-state index is 13.0. The van der Waals surface area contributed by atoms with Crippen molar-refractivity contribution in [2.75, 3.05) is 26.2 Å². The number of aromatic nitrogens is 1. The molecule has 0 aromatic carbocycles. The summed E-state index contributed by atoms with van der Waals surface area (Å²) in [4.78, 5) is 47.2. The third-order valence-electron chi connectivity index (χ3n) is 5.57. The molecule has 2 atom stereocenters. The van der Waals surface area contributed by atoms with Gasteiger partial charge in [0.05, 0.1) is 11.4 Å². The van der Waals surface area contributed by atoms with E-state index >= 15 is 0 Å². The van der Waals surface area contributed by atoms with Crippen LogP contribution in [-0.2, 0) is 36.7 Å². The molecule has 2 bridgehead atoms. The molecule has 190 valence electrons. The molecule has 0 fully saturated rings. The molecular formula is C23H36B2N4O6. The van der Waals surface area contributed by atoms with Crippen LogP contribution in [0.4, 0.5) is 4.79 Å². The predicted molar refractivity (Wildman–Crippen MR) is 132 cm³/mol. The number of rotatable bonds is 4. The molecule has 35 heavy (non-hydrogen) atoms. The van der Waals surface area contributed by atoms with Gasteiger partial charge in [-0.25, -0.2) is 4.79 Å². The fourth-order valence-corrected chi connectivity index (χ4v) is 3.56. The molecule has 12 heteroatoms. The van der Waals surface area contributed by atoms with E-state index in [1.165, 1.54) is 0 Å². The average molecular weight is 486 g/mol. The molecular weight excluding hydrogens is 450 g/mol. The van der Waals surface area contributed by atoms with E-state index in [1.807, 2.05) is 28.0 Å². The third-order valence-corrected chi connectivity index (χ3v) is 5.57. The largest absolute Gasteiger partial charge is 0.542 e. The van der Waals surface area contributed by atoms with Gasteiger partial charge in [0.1, 0.15) is 17.7 Å². The summed E-state index contributed by atoms with van der Waals surface area (Å²) in [6.45, 7) is 10.6. The van der Waals surface area contributed by atoms with Crippen molar-refractivity contribution in [3.63, 3.8) is 0 Å². The zero-order valence-corrected chi connectivity index (χ0v) is 20.5. The van der Waals surface area contributed by atoms with Crippen LogP contribution in [0, 0.1) is 0 Å². The highest BCUT2D eigenvalue weighted by Crippen LogP contribution is 2.16. The Labute approximate surface area is 211 Å². The molecule has 0 saturated heterocycles. The van der Waals surface area contributed by atoms with Crippen molar-refractivity contribution in [2.45, 2.75) is 72.8 Å². The summed E-state index contributed by atoms with van der Waals surface area (Å²) in [5, 5.41) is 0. The van der Waals surface area contributed by atoms with Gasteiger partial charge >= 0.3 is 34.1 Å². The van der Waals surface area contributed by atoms with Gasteiger partial charge in [-0.05, 0) is 46.8 Å². The van der Waals surface area contributed by atoms with Crippen molar-refractivity contribution in [1.82, 2.24) is 19.7 Å². The first-order valence-corrected chi connectivity index (χ1v) is 11.2. The van der Waals surface area contributed by atoms with Gasteiger partial charge in [0.15, 0.2) is 0 Å². The fourth-order valence-electron chi connectivity index (χ4n) is 3.56. The maximum Gasteiger partial charge on any atom is 0.410 e. The van der Waals surface area contributed by atoms with Crippen LogP contribution in [0.25, 0.3) is 0 Å². The molecule has 2 heterocycles. The Morgan fingerprint density at radius 3 is 1.69 bits per heavy atom. The quantitative estimate of drug-likeness (QED) is 0.588. The number of amides is 1. The molecule has 1 aromatic heterocycles. The van der Waals surface area contributed by atoms with E-state index < -0.39 is 35.7 Å². The van der Waals surface area contributed by atoms with Crippen LogP contribution in [0.1, 0.15) is 53.4 Å². The molecule has 1 amide bonds. The second-order valence-electron chi connectivity index (χ2n) is 9.25. The van der Waals surface area contributed by atoms with Crippen molar-refractivity contribution in [3.8, 4) is 0 Å². The van der Waals surface area contributed by atoms with E-state index in [2.05, 4.69) is 14.3 Å². The number of carbonyl (C=O) groups is 3. The lowest BCUT2D eigenvalue weighted by molar-refractivity contribution is -0.140. The number of hydrogen-bond acceptors (Lipinski definition) is 9. The van der Waals surface area contributed by atoms with Crippen molar-refractivity contribution in [3.05, 3.63) is 29.6 Å². The Morgan fingerprint density at radius 2 is 1.31 bits per heavy atom. The summed E-state index contributed by atoms with van der Waals surface area (Å²) in [5.74, 6) is -1.18. The average Bonchev–Trinajstić information content (AvgIpc) is 2.78. The van der Waals surface area contributed by atoms with Crippen LogP contribution in [0.2, 0.25) is 0 Å². The van der Waals surface area contributed by atoms with Gasteiger partial charge in [0.2, 0.25) is 0 Å². The number of fused-ring (bicyclic) bond motifs is 2. The van der Waals surface area contributed by atoms with Gasteiger partial charge in [-0.15, -0.1) is 0 Å². The third kappa shape index (κ3) is 9.18. The van der Waals surface area contributed by atoms with Crippen molar-refractivity contribution < 1.29 is 28.4 Å². The maximum absolute atomic E-state index is 13.0. The van der Waals surface area contributed by atoms with E-state index in [-0.39, 0.29) is 20.5 Å². The van der Waals surface area contributed by atoms with Gasteiger partial charge in [0, 0.05) is 39.3 Å². The first kappa shape index (κ1) is 30.4. The summed E-state index contributed by atoms with van der Waals surface area (Å²) in [6, 6.07) is 4.24. The van der Waals surface area contributed by atoms with E-state index in [0.717, 1.165) is 0 Å². The Morgan fingerprint density at radius 1 is 0.886 bits per heavy atom. The monoisotopic (exact) mass is 486 g/mol. The number of hydrogen-bond donors (Lipinski definition) is 0. The van der Waals surface area contributed by atoms with E-state index in [9.17, 15) is 14.4 Å². The minimum atomic E-state index is -0.686. The second-order valence-corrected chi connectivity index (χ2v) is 9.25. The molecule has 0 spiro atoms. The van der Waals surface area contributed by atoms with Crippen LogP contribution < -0.4 is 0 Å². The van der Waals surface area contributed by atoms with Crippen molar-refractivity contribution in [2.24, 2.45) is 0 Å². The Hall–Kier alpha value is -2.59. The minimum Gasteiger partial charge on any atom is -0.542 e. The highest BCUT2D eigenvalue weighted by Gasteiger charge is 2.29. The van der Waals surface area contributed by atoms with Crippen molar-refractivity contribution >= 4 is 34.1 Å². The second kappa shape index (κ2) is 13.5. The zero-order chi connectivity index (χ0) is 25.5. The van der Waals surface area contributed by atoms with Crippen LogP contribution in [0.5, 0.6) is 0 Å². The van der Waals surface area contributed by atoms with Gasteiger partial charge in [-0.3, -0.25) is 24.4 Å². The normalized spacial score (nSPS) is 17.6. The summed E-state index contributed by atoms with van der Waals surface area (Å²) in [7, 11) is 10.2. The minimum absolute atomic E-state index is 0. The highest BCUT2D eigenvalue weighted by molar-refractivity contribution is 6.06. The first-order valence-electron chi connectivity index (χ1n) is 11.2. The lowest BCUT2D eigenvalue weighted by Gasteiger charge is -2.34. The van der Waals surface area contributed by atoms with Crippen molar-refractivity contribution in [1.29, 1.82) is 0 Å². The Kier molecular flexibility index (Phi) is 11.7. The topological polar surface area (TPSA) is 102 Å². The molecule has 1 aromatic rings. The predicted octanol–water partition coefficient (Wildman–Crippen LogP) is 1.60. The van der Waals surface area contributed by atoms with Gasteiger partial charge in [0.25, 0.3) is 0 Å². The summed E-state index contributed by atoms with van der Waals surface area (Å²) in [5.41, 5.74) is 0.745. The van der Waals surface area contributed by atoms with E-state index in [1.54, 1.807) is 39.5 Å². The number of pyridine rings is 1. The lowest BCUT2D eigenvalue weighted by Crippen LogP contribution is -2.49. The zero-order valence-electron chi connectivity index (χ0n) is 20.5. The Balaban J connectivity index is 0.00000612. The molecule has 1 aliphatic heterocycles. The van der Waals surface area contributed by atoms with Crippen LogP contribution in [-0.4, -0.2) is 97.7 Å². The van der Waals surface area contributed by atoms with Gasteiger partial charge in [-0.1, -0.05) is 13.5 Å². The first-order chi connectivity index (χ1) is 15.9. The lowest BCUT2D eigenvalue weighted by atomic mass is 10.2. The summed E-state index contributed by atoms with van der Waals surface area (Å²) < 4.78 is 14.5. The number of carbonyl (C=O) groups excluding carboxylic acids is 3. The number of ether oxygens (including phenoxy) is 1. The van der Waals surface area contributed by atoms with Gasteiger partial charge < -0.3 is 18.9 Å². The summed E-state index contributed by atoms with van der Waals surface area (Å²) >= 11 is 0. The molecule has 0 N–H and O–H groups in total.